The van der Waals surface area contributed by atoms with E-state index in [1.165, 1.54) is 0 Å². The maximum Gasteiger partial charge on any atom is 0.226 e. The molecule has 0 aliphatic rings. The molecule has 0 N–H and O–H groups in total. The van der Waals surface area contributed by atoms with Gasteiger partial charge in [-0.2, -0.15) is 5.26 Å². The molecule has 0 saturated carbocycles. The Morgan fingerprint density at radius 1 is 1.38 bits per heavy atom. The average molecular weight is 214 g/mol. The number of methoxy groups -OCH3 is 1. The minimum absolute atomic E-state index is 0.239. The van der Waals surface area contributed by atoms with E-state index in [2.05, 4.69) is 4.98 Å². The Kier molecular flexibility index (Phi) is 2.88. The first-order chi connectivity index (χ1) is 7.83. The van der Waals surface area contributed by atoms with Crippen LogP contribution >= 0.6 is 0 Å². The summed E-state index contributed by atoms with van der Waals surface area (Å²) in [6.07, 6.45) is 1.81. The molecule has 4 nitrogen and oxygen atoms in total. The second-order valence-electron chi connectivity index (χ2n) is 3.20. The van der Waals surface area contributed by atoms with Crippen molar-refractivity contribution in [1.82, 2.24) is 4.98 Å². The van der Waals surface area contributed by atoms with Crippen molar-refractivity contribution in [3.8, 4) is 23.3 Å². The molecule has 1 heterocycles. The minimum atomic E-state index is 0.239. The summed E-state index contributed by atoms with van der Waals surface area (Å²) in [7, 11) is 1.62. The first kappa shape index (κ1) is 10.2. The van der Waals surface area contributed by atoms with Crippen LogP contribution in [0.5, 0.6) is 5.75 Å². The van der Waals surface area contributed by atoms with E-state index in [4.69, 9.17) is 14.4 Å². The van der Waals surface area contributed by atoms with Crippen molar-refractivity contribution >= 4 is 0 Å². The van der Waals surface area contributed by atoms with Gasteiger partial charge >= 0.3 is 0 Å². The molecule has 0 bridgehead atoms. The van der Waals surface area contributed by atoms with Crippen LogP contribution in [-0.2, 0) is 6.42 Å². The molecule has 0 atom stereocenters. The highest BCUT2D eigenvalue weighted by Gasteiger charge is 2.06. The largest absolute Gasteiger partial charge is 0.497 e. The van der Waals surface area contributed by atoms with Gasteiger partial charge in [0.2, 0.25) is 5.89 Å². The topological polar surface area (TPSA) is 59.0 Å². The molecular formula is C12H10N2O2. The number of oxazole rings is 1. The third kappa shape index (κ3) is 2.04. The molecule has 1 aromatic carbocycles. The van der Waals surface area contributed by atoms with Crippen LogP contribution in [0.2, 0.25) is 0 Å². The van der Waals surface area contributed by atoms with Gasteiger partial charge in [0.05, 0.1) is 25.8 Å². The molecule has 2 rings (SSSR count). The molecule has 2 aromatic rings. The lowest BCUT2D eigenvalue weighted by atomic mass is 10.2. The van der Waals surface area contributed by atoms with Crippen LogP contribution in [0.15, 0.2) is 34.9 Å². The van der Waals surface area contributed by atoms with Gasteiger partial charge in [-0.1, -0.05) is 0 Å². The van der Waals surface area contributed by atoms with Crippen LogP contribution in [0.1, 0.15) is 5.76 Å². The van der Waals surface area contributed by atoms with Crippen LogP contribution in [0.3, 0.4) is 0 Å². The second-order valence-corrected chi connectivity index (χ2v) is 3.20. The molecular weight excluding hydrogens is 204 g/mol. The van der Waals surface area contributed by atoms with Crippen molar-refractivity contribution in [2.24, 2.45) is 0 Å². The fraction of sp³-hybridized carbons (Fsp3) is 0.167. The molecule has 4 heteroatoms. The molecule has 0 radical (unpaired) electrons. The summed E-state index contributed by atoms with van der Waals surface area (Å²) < 4.78 is 10.5. The number of ether oxygens (including phenoxy) is 1. The summed E-state index contributed by atoms with van der Waals surface area (Å²) in [5.74, 6) is 1.88. The van der Waals surface area contributed by atoms with Crippen molar-refractivity contribution in [1.29, 1.82) is 5.26 Å². The van der Waals surface area contributed by atoms with Crippen molar-refractivity contribution < 1.29 is 9.15 Å². The maximum atomic E-state index is 8.51. The van der Waals surface area contributed by atoms with E-state index < -0.39 is 0 Å². The van der Waals surface area contributed by atoms with Gasteiger partial charge in [-0.25, -0.2) is 4.98 Å². The van der Waals surface area contributed by atoms with Gasteiger partial charge in [0.25, 0.3) is 0 Å². The molecule has 80 valence electrons. The van der Waals surface area contributed by atoms with Crippen LogP contribution in [0.4, 0.5) is 0 Å². The Morgan fingerprint density at radius 2 is 2.12 bits per heavy atom. The number of nitriles is 1. The third-order valence-electron chi connectivity index (χ3n) is 2.14. The number of nitrogens with zero attached hydrogens (tertiary/aromatic N) is 2. The zero-order valence-electron chi connectivity index (χ0n) is 8.80. The van der Waals surface area contributed by atoms with Crippen LogP contribution in [0, 0.1) is 11.3 Å². The lowest BCUT2D eigenvalue weighted by Crippen LogP contribution is -1.82. The average Bonchev–Trinajstić information content (AvgIpc) is 2.78. The van der Waals surface area contributed by atoms with E-state index in [1.54, 1.807) is 13.3 Å². The molecule has 0 aliphatic carbocycles. The zero-order chi connectivity index (χ0) is 11.4. The van der Waals surface area contributed by atoms with Crippen molar-refractivity contribution in [3.63, 3.8) is 0 Å². The Morgan fingerprint density at radius 3 is 2.75 bits per heavy atom. The zero-order valence-corrected chi connectivity index (χ0v) is 8.80. The first-order valence-corrected chi connectivity index (χ1v) is 4.79. The summed E-state index contributed by atoms with van der Waals surface area (Å²) in [4.78, 5) is 4.10. The highest BCUT2D eigenvalue weighted by molar-refractivity contribution is 5.54. The first-order valence-electron chi connectivity index (χ1n) is 4.79. The van der Waals surface area contributed by atoms with Gasteiger partial charge < -0.3 is 9.15 Å². The van der Waals surface area contributed by atoms with E-state index in [0.717, 1.165) is 11.3 Å². The maximum absolute atomic E-state index is 8.51. The number of aromatic nitrogens is 1. The third-order valence-corrected chi connectivity index (χ3v) is 2.14. The standard InChI is InChI=1S/C12H10N2O2/c1-15-10-4-2-9(3-5-10)12-14-8-11(16-12)6-7-13/h2-5,8H,6H2,1H3. The molecule has 0 fully saturated rings. The highest BCUT2D eigenvalue weighted by Crippen LogP contribution is 2.22. The van der Waals surface area contributed by atoms with Crippen molar-refractivity contribution in [3.05, 3.63) is 36.2 Å². The fourth-order valence-corrected chi connectivity index (χ4v) is 1.33. The van der Waals surface area contributed by atoms with E-state index >= 15 is 0 Å². The van der Waals surface area contributed by atoms with E-state index in [9.17, 15) is 0 Å². The van der Waals surface area contributed by atoms with Crippen LogP contribution in [-0.4, -0.2) is 12.1 Å². The summed E-state index contributed by atoms with van der Waals surface area (Å²) in [5, 5.41) is 8.51. The van der Waals surface area contributed by atoms with Crippen LogP contribution in [0.25, 0.3) is 11.5 Å². The molecule has 0 amide bonds. The molecule has 0 spiro atoms. The Balaban J connectivity index is 2.25. The van der Waals surface area contributed by atoms with Gasteiger partial charge in [0.1, 0.15) is 11.5 Å². The summed E-state index contributed by atoms with van der Waals surface area (Å²) in [5.41, 5.74) is 0.866. The predicted octanol–water partition coefficient (Wildman–Crippen LogP) is 2.42. The van der Waals surface area contributed by atoms with Gasteiger partial charge in [0.15, 0.2) is 0 Å². The van der Waals surface area contributed by atoms with Crippen molar-refractivity contribution in [2.75, 3.05) is 7.11 Å². The molecule has 0 saturated heterocycles. The highest BCUT2D eigenvalue weighted by atomic mass is 16.5. The van der Waals surface area contributed by atoms with Gasteiger partial charge in [0, 0.05) is 5.56 Å². The SMILES string of the molecule is COc1ccc(-c2ncc(CC#N)o2)cc1. The van der Waals surface area contributed by atoms with Gasteiger partial charge in [-0.05, 0) is 24.3 Å². The van der Waals surface area contributed by atoms with E-state index in [1.807, 2.05) is 30.3 Å². The van der Waals surface area contributed by atoms with Crippen LogP contribution < -0.4 is 4.74 Å². The van der Waals surface area contributed by atoms with E-state index in [-0.39, 0.29) is 6.42 Å². The predicted molar refractivity (Wildman–Crippen MR) is 57.8 cm³/mol. The van der Waals surface area contributed by atoms with E-state index in [0.29, 0.717) is 11.7 Å². The Labute approximate surface area is 93.1 Å². The summed E-state index contributed by atoms with van der Waals surface area (Å²) in [6, 6.07) is 9.41. The summed E-state index contributed by atoms with van der Waals surface area (Å²) >= 11 is 0. The number of benzene rings is 1. The number of hydrogen-bond donors (Lipinski definition) is 0. The smallest absolute Gasteiger partial charge is 0.226 e. The normalized spacial score (nSPS) is 9.75. The molecule has 0 aliphatic heterocycles. The van der Waals surface area contributed by atoms with Gasteiger partial charge in [-0.15, -0.1) is 0 Å². The molecule has 0 unspecified atom stereocenters. The molecule has 1 aromatic heterocycles. The van der Waals surface area contributed by atoms with Crippen molar-refractivity contribution in [2.45, 2.75) is 6.42 Å². The lowest BCUT2D eigenvalue weighted by Gasteiger charge is -1.99. The quantitative estimate of drug-likeness (QED) is 0.787. The van der Waals surface area contributed by atoms with Gasteiger partial charge in [-0.3, -0.25) is 0 Å². The Hall–Kier alpha value is -2.28. The monoisotopic (exact) mass is 214 g/mol. The number of hydrogen-bond acceptors (Lipinski definition) is 4. The molecule has 16 heavy (non-hydrogen) atoms. The minimum Gasteiger partial charge on any atom is -0.497 e. The lowest BCUT2D eigenvalue weighted by molar-refractivity contribution is 0.415. The fourth-order valence-electron chi connectivity index (χ4n) is 1.33. The second kappa shape index (κ2) is 4.49. The summed E-state index contributed by atoms with van der Waals surface area (Å²) in [6.45, 7) is 0. The Bertz CT molecular complexity index is 509. The number of rotatable bonds is 3.